The van der Waals surface area contributed by atoms with Crippen molar-refractivity contribution in [3.05, 3.63) is 35.3 Å². The summed E-state index contributed by atoms with van der Waals surface area (Å²) in [5, 5.41) is 4.70. The number of benzene rings is 1. The molecule has 0 radical (unpaired) electrons. The average Bonchev–Trinajstić information content (AvgIpc) is 3.17. The predicted molar refractivity (Wildman–Crippen MR) is 122 cm³/mol. The van der Waals surface area contributed by atoms with Crippen LogP contribution in [-0.4, -0.2) is 45.8 Å². The van der Waals surface area contributed by atoms with Crippen LogP contribution in [0.1, 0.15) is 45.1 Å². The zero-order valence-electron chi connectivity index (χ0n) is 18.3. The molecule has 11 heteroatoms. The Balaban J connectivity index is 2.09. The third-order valence-electron chi connectivity index (χ3n) is 3.71. The zero-order valence-corrected chi connectivity index (χ0v) is 19.1. The number of aromatic nitrogens is 1. The number of hydrogen-bond donors (Lipinski definition) is 2. The van der Waals surface area contributed by atoms with Crippen LogP contribution < -0.4 is 11.1 Å². The number of nitrogens with one attached hydrogen (secondary N) is 1. The summed E-state index contributed by atoms with van der Waals surface area (Å²) >= 11 is 1.22. The van der Waals surface area contributed by atoms with E-state index < -0.39 is 29.4 Å². The fraction of sp³-hybridized carbons (Fsp3) is 0.286. The molecule has 0 fully saturated rings. The lowest BCUT2D eigenvalue weighted by atomic mass is 10.2. The average molecular weight is 458 g/mol. The molecule has 0 bridgehead atoms. The van der Waals surface area contributed by atoms with E-state index in [0.29, 0.717) is 10.7 Å². The van der Waals surface area contributed by atoms with Crippen molar-refractivity contribution in [2.75, 3.05) is 5.32 Å². The highest BCUT2D eigenvalue weighted by atomic mass is 32.1. The molecule has 1 heterocycles. The number of carbonyl (C=O) groups excluding carboxylic acids is 4. The number of thiazole rings is 1. The van der Waals surface area contributed by atoms with Gasteiger partial charge < -0.3 is 10.5 Å². The minimum atomic E-state index is -0.839. The molecule has 0 aliphatic rings. The number of anilines is 1. The minimum Gasteiger partial charge on any atom is -0.444 e. The Morgan fingerprint density at radius 1 is 1.03 bits per heavy atom. The Bertz CT molecular complexity index is 1110. The Labute approximate surface area is 188 Å². The Morgan fingerprint density at radius 3 is 2.22 bits per heavy atom. The standard InChI is InChI=1S/C21H23N5O5S/c1-11(16(22)27)23-17(28)12(2)24-18(29)15-10-32-19(26-15)13-6-8-14(9-7-13)25-20(30)31-21(3,4)5/h6-10H,1-5H3,(H2,22,27)(H,25,30). The van der Waals surface area contributed by atoms with Crippen LogP contribution in [0.25, 0.3) is 10.6 Å². The number of aliphatic imine (C=N–C) groups is 2. The molecule has 4 amide bonds. The van der Waals surface area contributed by atoms with Gasteiger partial charge in [-0.15, -0.1) is 11.3 Å². The maximum atomic E-state index is 12.3. The first kappa shape index (κ1) is 24.5. The first-order chi connectivity index (χ1) is 14.9. The van der Waals surface area contributed by atoms with E-state index in [9.17, 15) is 19.2 Å². The van der Waals surface area contributed by atoms with Gasteiger partial charge in [0.05, 0.1) is 0 Å². The molecule has 0 saturated carbocycles. The molecule has 0 unspecified atom stereocenters. The summed E-state index contributed by atoms with van der Waals surface area (Å²) in [5.41, 5.74) is 5.37. The fourth-order valence-electron chi connectivity index (χ4n) is 2.17. The molecule has 0 saturated heterocycles. The predicted octanol–water partition coefficient (Wildman–Crippen LogP) is 3.23. The molecule has 32 heavy (non-hydrogen) atoms. The second-order valence-electron chi connectivity index (χ2n) is 7.61. The number of amides is 4. The molecule has 2 aromatic rings. The summed E-state index contributed by atoms with van der Waals surface area (Å²) in [6, 6.07) is 6.84. The fourth-order valence-corrected chi connectivity index (χ4v) is 2.97. The molecule has 1 aromatic heterocycles. The molecule has 2 rings (SSSR count). The molecule has 3 N–H and O–H groups in total. The SMILES string of the molecule is CC(=NC(=O)C(C)=NC(=O)c1csc(-c2ccc(NC(=O)OC(C)(C)C)cc2)n1)C(N)=O. The lowest BCUT2D eigenvalue weighted by Gasteiger charge is -2.19. The number of nitrogens with zero attached hydrogens (tertiary/aromatic N) is 3. The summed E-state index contributed by atoms with van der Waals surface area (Å²) in [7, 11) is 0. The van der Waals surface area contributed by atoms with E-state index in [1.54, 1.807) is 45.0 Å². The molecule has 168 valence electrons. The van der Waals surface area contributed by atoms with Crippen molar-refractivity contribution < 1.29 is 23.9 Å². The van der Waals surface area contributed by atoms with Crippen LogP contribution in [0.2, 0.25) is 0 Å². The van der Waals surface area contributed by atoms with Crippen molar-refractivity contribution >= 4 is 52.3 Å². The van der Waals surface area contributed by atoms with E-state index >= 15 is 0 Å². The van der Waals surface area contributed by atoms with Gasteiger partial charge in [-0.3, -0.25) is 19.7 Å². The Hall–Kier alpha value is -3.73. The number of carbonyl (C=O) groups is 4. The van der Waals surface area contributed by atoms with E-state index in [4.69, 9.17) is 10.5 Å². The van der Waals surface area contributed by atoms with Gasteiger partial charge >= 0.3 is 6.09 Å². The largest absolute Gasteiger partial charge is 0.444 e. The highest BCUT2D eigenvalue weighted by Gasteiger charge is 2.17. The van der Waals surface area contributed by atoms with E-state index in [2.05, 4.69) is 20.3 Å². The van der Waals surface area contributed by atoms with E-state index in [-0.39, 0.29) is 17.1 Å². The van der Waals surface area contributed by atoms with Crippen molar-refractivity contribution in [3.8, 4) is 10.6 Å². The van der Waals surface area contributed by atoms with Gasteiger partial charge in [0.25, 0.3) is 17.7 Å². The molecule has 0 atom stereocenters. The van der Waals surface area contributed by atoms with Gasteiger partial charge in [0, 0.05) is 16.6 Å². The van der Waals surface area contributed by atoms with Gasteiger partial charge in [0.15, 0.2) is 0 Å². The zero-order chi connectivity index (χ0) is 24.1. The number of nitrogens with two attached hydrogens (primary N) is 1. The van der Waals surface area contributed by atoms with Crippen LogP contribution in [0.4, 0.5) is 10.5 Å². The Kier molecular flexibility index (Phi) is 7.71. The van der Waals surface area contributed by atoms with Crippen LogP contribution in [0.5, 0.6) is 0 Å². The maximum Gasteiger partial charge on any atom is 0.412 e. The molecule has 10 nitrogen and oxygen atoms in total. The van der Waals surface area contributed by atoms with Crippen molar-refractivity contribution in [3.63, 3.8) is 0 Å². The molecular weight excluding hydrogens is 434 g/mol. The molecule has 0 aliphatic carbocycles. The second kappa shape index (κ2) is 10.1. The van der Waals surface area contributed by atoms with E-state index in [1.165, 1.54) is 30.6 Å². The van der Waals surface area contributed by atoms with Crippen molar-refractivity contribution in [1.29, 1.82) is 0 Å². The normalized spacial score (nSPS) is 12.3. The molecule has 1 aromatic carbocycles. The van der Waals surface area contributed by atoms with Crippen LogP contribution >= 0.6 is 11.3 Å². The van der Waals surface area contributed by atoms with Crippen LogP contribution in [0.15, 0.2) is 39.6 Å². The first-order valence-corrected chi connectivity index (χ1v) is 10.3. The maximum absolute atomic E-state index is 12.3. The topological polar surface area (TPSA) is 153 Å². The third kappa shape index (κ3) is 7.20. The summed E-state index contributed by atoms with van der Waals surface area (Å²) in [4.78, 5) is 58.5. The van der Waals surface area contributed by atoms with E-state index in [1.807, 2.05) is 0 Å². The smallest absolute Gasteiger partial charge is 0.412 e. The quantitative estimate of drug-likeness (QED) is 0.657. The van der Waals surface area contributed by atoms with Gasteiger partial charge in [-0.2, -0.15) is 0 Å². The Morgan fingerprint density at radius 2 is 1.66 bits per heavy atom. The van der Waals surface area contributed by atoms with Crippen LogP contribution in [-0.2, 0) is 14.3 Å². The summed E-state index contributed by atoms with van der Waals surface area (Å²) in [5.74, 6) is -2.39. The van der Waals surface area contributed by atoms with Gasteiger partial charge in [-0.1, -0.05) is 0 Å². The third-order valence-corrected chi connectivity index (χ3v) is 4.60. The van der Waals surface area contributed by atoms with Crippen molar-refractivity contribution in [2.45, 2.75) is 40.2 Å². The number of rotatable bonds is 5. The van der Waals surface area contributed by atoms with Crippen molar-refractivity contribution in [1.82, 2.24) is 4.98 Å². The molecule has 0 spiro atoms. The molecular formula is C21H23N5O5S. The monoisotopic (exact) mass is 457 g/mol. The van der Waals surface area contributed by atoms with Crippen molar-refractivity contribution in [2.24, 2.45) is 15.7 Å². The van der Waals surface area contributed by atoms with Gasteiger partial charge in [0.1, 0.15) is 27.7 Å². The lowest BCUT2D eigenvalue weighted by Crippen LogP contribution is -2.27. The van der Waals surface area contributed by atoms with E-state index in [0.717, 1.165) is 5.56 Å². The summed E-state index contributed by atoms with van der Waals surface area (Å²) < 4.78 is 5.20. The highest BCUT2D eigenvalue weighted by molar-refractivity contribution is 7.13. The lowest BCUT2D eigenvalue weighted by molar-refractivity contribution is -0.114. The van der Waals surface area contributed by atoms with Crippen LogP contribution in [0, 0.1) is 0 Å². The second-order valence-corrected chi connectivity index (χ2v) is 8.47. The summed E-state index contributed by atoms with van der Waals surface area (Å²) in [6.45, 7) is 7.91. The van der Waals surface area contributed by atoms with Gasteiger partial charge in [-0.05, 0) is 58.9 Å². The minimum absolute atomic E-state index is 0.0590. The highest BCUT2D eigenvalue weighted by Crippen LogP contribution is 2.25. The van der Waals surface area contributed by atoms with Gasteiger partial charge in [-0.25, -0.2) is 19.8 Å². The first-order valence-electron chi connectivity index (χ1n) is 9.40. The summed E-state index contributed by atoms with van der Waals surface area (Å²) in [6.07, 6.45) is -0.564. The van der Waals surface area contributed by atoms with Crippen LogP contribution in [0.3, 0.4) is 0 Å². The number of hydrogen-bond acceptors (Lipinski definition) is 7. The number of primary amides is 1. The van der Waals surface area contributed by atoms with Gasteiger partial charge in [0.2, 0.25) is 0 Å². The molecule has 0 aliphatic heterocycles. The number of ether oxygens (including phenoxy) is 1.